The van der Waals surface area contributed by atoms with Gasteiger partial charge in [-0.25, -0.2) is 0 Å². The molecule has 23 heavy (non-hydrogen) atoms. The number of hydrogen-bond donors (Lipinski definition) is 3. The lowest BCUT2D eigenvalue weighted by Crippen LogP contribution is -2.27. The first-order valence-corrected chi connectivity index (χ1v) is 7.71. The van der Waals surface area contributed by atoms with Crippen LogP contribution >= 0.6 is 0 Å². The number of aryl methyl sites for hydroxylation is 1. The van der Waals surface area contributed by atoms with Crippen molar-refractivity contribution in [1.29, 1.82) is 0 Å². The average molecular weight is 313 g/mol. The van der Waals surface area contributed by atoms with Crippen molar-refractivity contribution in [3.8, 4) is 0 Å². The van der Waals surface area contributed by atoms with E-state index in [4.69, 9.17) is 0 Å². The summed E-state index contributed by atoms with van der Waals surface area (Å²) in [5, 5.41) is 6.13. The Hall–Kier alpha value is -2.56. The van der Waals surface area contributed by atoms with E-state index in [1.54, 1.807) is 26.1 Å². The molecular weight excluding hydrogens is 290 g/mol. The van der Waals surface area contributed by atoms with Crippen molar-refractivity contribution in [2.24, 2.45) is 0 Å². The molecule has 0 aliphatic carbocycles. The fourth-order valence-electron chi connectivity index (χ4n) is 2.37. The zero-order chi connectivity index (χ0) is 17.0. The van der Waals surface area contributed by atoms with Crippen LogP contribution in [0.15, 0.2) is 35.3 Å². The molecule has 0 radical (unpaired) electrons. The van der Waals surface area contributed by atoms with Crippen LogP contribution in [0.4, 0.5) is 5.69 Å². The van der Waals surface area contributed by atoms with Crippen molar-refractivity contribution >= 4 is 11.6 Å². The summed E-state index contributed by atoms with van der Waals surface area (Å²) >= 11 is 0. The Morgan fingerprint density at radius 3 is 2.61 bits per heavy atom. The van der Waals surface area contributed by atoms with Gasteiger partial charge in [-0.3, -0.25) is 9.59 Å². The zero-order valence-corrected chi connectivity index (χ0v) is 14.0. The number of aromatic amines is 1. The summed E-state index contributed by atoms with van der Waals surface area (Å²) in [6, 6.07) is 7.63. The molecular formula is C18H23N3O2. The topological polar surface area (TPSA) is 74.0 Å². The van der Waals surface area contributed by atoms with Crippen LogP contribution in [0.2, 0.25) is 0 Å². The largest absolute Gasteiger partial charge is 0.382 e. The Labute approximate surface area is 136 Å². The third-order valence-electron chi connectivity index (χ3n) is 3.66. The molecule has 5 heteroatoms. The predicted molar refractivity (Wildman–Crippen MR) is 92.9 cm³/mol. The SMILES string of the molecule is Cc1c[nH]c(CNC(=O)c2ccccc2NC(C)C)c(C)c1=O. The minimum Gasteiger partial charge on any atom is -0.382 e. The second-order valence-corrected chi connectivity index (χ2v) is 5.93. The maximum Gasteiger partial charge on any atom is 0.253 e. The van der Waals surface area contributed by atoms with Gasteiger partial charge in [0.15, 0.2) is 5.43 Å². The number of pyridine rings is 1. The van der Waals surface area contributed by atoms with Crippen molar-refractivity contribution in [3.05, 3.63) is 63.1 Å². The van der Waals surface area contributed by atoms with Crippen molar-refractivity contribution in [2.75, 3.05) is 5.32 Å². The molecule has 122 valence electrons. The van der Waals surface area contributed by atoms with Gasteiger partial charge in [-0.1, -0.05) is 12.1 Å². The summed E-state index contributed by atoms with van der Waals surface area (Å²) in [6.07, 6.45) is 1.67. The number of hydrogen-bond acceptors (Lipinski definition) is 3. The number of amides is 1. The van der Waals surface area contributed by atoms with E-state index in [1.165, 1.54) is 0 Å². The molecule has 0 spiro atoms. The van der Waals surface area contributed by atoms with Crippen LogP contribution in [0, 0.1) is 13.8 Å². The maximum absolute atomic E-state index is 12.4. The van der Waals surface area contributed by atoms with Crippen LogP contribution in [0.5, 0.6) is 0 Å². The molecule has 0 atom stereocenters. The highest BCUT2D eigenvalue weighted by Gasteiger charge is 2.12. The van der Waals surface area contributed by atoms with E-state index in [9.17, 15) is 9.59 Å². The number of rotatable bonds is 5. The number of anilines is 1. The summed E-state index contributed by atoms with van der Waals surface area (Å²) in [5.74, 6) is -0.172. The number of carbonyl (C=O) groups excluding carboxylic acids is 1. The second-order valence-electron chi connectivity index (χ2n) is 5.93. The molecule has 1 heterocycles. The van der Waals surface area contributed by atoms with Gasteiger partial charge in [0.1, 0.15) is 0 Å². The summed E-state index contributed by atoms with van der Waals surface area (Å²) < 4.78 is 0. The van der Waals surface area contributed by atoms with E-state index in [2.05, 4.69) is 15.6 Å². The first-order valence-electron chi connectivity index (χ1n) is 7.71. The number of aromatic nitrogens is 1. The molecule has 5 nitrogen and oxygen atoms in total. The van der Waals surface area contributed by atoms with Gasteiger partial charge in [-0.15, -0.1) is 0 Å². The summed E-state index contributed by atoms with van der Waals surface area (Å²) in [5.41, 5.74) is 3.43. The summed E-state index contributed by atoms with van der Waals surface area (Å²) in [6.45, 7) is 7.87. The first-order chi connectivity index (χ1) is 10.9. The molecule has 1 aromatic carbocycles. The number of nitrogens with one attached hydrogen (secondary N) is 3. The van der Waals surface area contributed by atoms with Gasteiger partial charge in [0, 0.05) is 34.7 Å². The first kappa shape index (κ1) is 16.8. The van der Waals surface area contributed by atoms with Crippen molar-refractivity contribution < 1.29 is 4.79 Å². The normalized spacial score (nSPS) is 10.7. The molecule has 3 N–H and O–H groups in total. The van der Waals surface area contributed by atoms with Gasteiger partial charge in [0.05, 0.1) is 12.1 Å². The Morgan fingerprint density at radius 1 is 1.22 bits per heavy atom. The minimum absolute atomic E-state index is 0.00914. The highest BCUT2D eigenvalue weighted by molar-refractivity contribution is 5.99. The molecule has 2 aromatic rings. The summed E-state index contributed by atoms with van der Waals surface area (Å²) in [4.78, 5) is 27.4. The number of para-hydroxylation sites is 1. The van der Waals surface area contributed by atoms with Gasteiger partial charge in [0.2, 0.25) is 0 Å². The monoisotopic (exact) mass is 313 g/mol. The molecule has 0 aliphatic rings. The third kappa shape index (κ3) is 4.00. The highest BCUT2D eigenvalue weighted by atomic mass is 16.1. The fourth-order valence-corrected chi connectivity index (χ4v) is 2.37. The van der Waals surface area contributed by atoms with Crippen molar-refractivity contribution in [2.45, 2.75) is 40.3 Å². The molecule has 0 saturated heterocycles. The van der Waals surface area contributed by atoms with Gasteiger partial charge >= 0.3 is 0 Å². The van der Waals surface area contributed by atoms with Gasteiger partial charge < -0.3 is 15.6 Å². The smallest absolute Gasteiger partial charge is 0.253 e. The Balaban J connectivity index is 2.15. The van der Waals surface area contributed by atoms with Crippen LogP contribution < -0.4 is 16.1 Å². The molecule has 1 amide bonds. The Morgan fingerprint density at radius 2 is 1.91 bits per heavy atom. The molecule has 2 rings (SSSR count). The molecule has 1 aromatic heterocycles. The van der Waals surface area contributed by atoms with E-state index >= 15 is 0 Å². The lowest BCUT2D eigenvalue weighted by atomic mass is 10.1. The number of H-pyrrole nitrogens is 1. The lowest BCUT2D eigenvalue weighted by molar-refractivity contribution is 0.0951. The highest BCUT2D eigenvalue weighted by Crippen LogP contribution is 2.16. The van der Waals surface area contributed by atoms with Crippen LogP contribution in [0.25, 0.3) is 0 Å². The van der Waals surface area contributed by atoms with Crippen LogP contribution in [0.3, 0.4) is 0 Å². The van der Waals surface area contributed by atoms with E-state index in [0.29, 0.717) is 16.7 Å². The Bertz CT molecular complexity index is 763. The van der Waals surface area contributed by atoms with Gasteiger partial charge in [0.25, 0.3) is 5.91 Å². The maximum atomic E-state index is 12.4. The zero-order valence-electron chi connectivity index (χ0n) is 14.0. The molecule has 0 aliphatic heterocycles. The standard InChI is InChI=1S/C18H23N3O2/c1-11(2)21-15-8-6-5-7-14(15)18(23)20-10-16-13(4)17(22)12(3)9-19-16/h5-9,11,21H,10H2,1-4H3,(H,19,22)(H,20,23). The van der Waals surface area contributed by atoms with Crippen LogP contribution in [-0.2, 0) is 6.54 Å². The molecule has 0 bridgehead atoms. The van der Waals surface area contributed by atoms with Crippen molar-refractivity contribution in [1.82, 2.24) is 10.3 Å². The van der Waals surface area contributed by atoms with E-state index in [-0.39, 0.29) is 23.9 Å². The molecule has 0 fully saturated rings. The minimum atomic E-state index is -0.172. The van der Waals surface area contributed by atoms with Crippen molar-refractivity contribution in [3.63, 3.8) is 0 Å². The molecule has 0 saturated carbocycles. The average Bonchev–Trinajstić information content (AvgIpc) is 2.51. The van der Waals surface area contributed by atoms with Crippen LogP contribution in [0.1, 0.15) is 41.0 Å². The van der Waals surface area contributed by atoms with Gasteiger partial charge in [-0.05, 0) is 39.8 Å². The lowest BCUT2D eigenvalue weighted by Gasteiger charge is -2.15. The fraction of sp³-hybridized carbons (Fsp3) is 0.333. The van der Waals surface area contributed by atoms with E-state index < -0.39 is 0 Å². The quantitative estimate of drug-likeness (QED) is 0.794. The third-order valence-corrected chi connectivity index (χ3v) is 3.66. The van der Waals surface area contributed by atoms with E-state index in [1.807, 2.05) is 32.0 Å². The van der Waals surface area contributed by atoms with E-state index in [0.717, 1.165) is 11.4 Å². The number of benzene rings is 1. The summed E-state index contributed by atoms with van der Waals surface area (Å²) in [7, 11) is 0. The van der Waals surface area contributed by atoms with Crippen LogP contribution in [-0.4, -0.2) is 16.9 Å². The second kappa shape index (κ2) is 7.13. The molecule has 0 unspecified atom stereocenters. The number of carbonyl (C=O) groups is 1. The Kier molecular flexibility index (Phi) is 5.21. The predicted octanol–water partition coefficient (Wildman–Crippen LogP) is 2.74. The van der Waals surface area contributed by atoms with Gasteiger partial charge in [-0.2, -0.15) is 0 Å².